The number of ether oxygens (including phenoxy) is 1. The van der Waals surface area contributed by atoms with E-state index in [2.05, 4.69) is 5.10 Å². The molecule has 74 valence electrons. The summed E-state index contributed by atoms with van der Waals surface area (Å²) in [5, 5.41) is 4.22. The molecular weight excluding hydrogens is 166 g/mol. The minimum absolute atomic E-state index is 0.242. The van der Waals surface area contributed by atoms with Crippen LogP contribution in [-0.2, 0) is 24.9 Å². The molecule has 0 aliphatic carbocycles. The van der Waals surface area contributed by atoms with Crippen molar-refractivity contribution in [3.8, 4) is 0 Å². The van der Waals surface area contributed by atoms with Gasteiger partial charge in [0.2, 0.25) is 0 Å². The van der Waals surface area contributed by atoms with Gasteiger partial charge in [0.25, 0.3) is 0 Å². The largest absolute Gasteiger partial charge is 0.374 e. The van der Waals surface area contributed by atoms with Gasteiger partial charge in [-0.05, 0) is 13.8 Å². The highest BCUT2D eigenvalue weighted by molar-refractivity contribution is 5.15. The van der Waals surface area contributed by atoms with Gasteiger partial charge in [0.15, 0.2) is 0 Å². The fourth-order valence-corrected chi connectivity index (χ4v) is 1.13. The molecule has 13 heavy (non-hydrogen) atoms. The Morgan fingerprint density at radius 3 is 2.85 bits per heavy atom. The first-order valence-electron chi connectivity index (χ1n) is 4.46. The Bertz CT molecular complexity index is 268. The Morgan fingerprint density at radius 1 is 1.62 bits per heavy atom. The third-order valence-corrected chi connectivity index (χ3v) is 1.76. The van der Waals surface area contributed by atoms with Crippen molar-refractivity contribution in [2.24, 2.45) is 12.8 Å². The van der Waals surface area contributed by atoms with Crippen molar-refractivity contribution in [1.82, 2.24) is 9.78 Å². The summed E-state index contributed by atoms with van der Waals surface area (Å²) in [5.74, 6) is 0. The monoisotopic (exact) mass is 183 g/mol. The van der Waals surface area contributed by atoms with E-state index < -0.39 is 0 Å². The molecular formula is C9H17N3O. The van der Waals surface area contributed by atoms with Gasteiger partial charge >= 0.3 is 0 Å². The Hall–Kier alpha value is -0.870. The lowest BCUT2D eigenvalue weighted by molar-refractivity contribution is 0.0652. The number of nitrogens with zero attached hydrogens (tertiary/aromatic N) is 2. The minimum Gasteiger partial charge on any atom is -0.374 e. The molecule has 0 atom stereocenters. The highest BCUT2D eigenvalue weighted by Gasteiger charge is 2.06. The van der Waals surface area contributed by atoms with Gasteiger partial charge in [-0.15, -0.1) is 0 Å². The van der Waals surface area contributed by atoms with E-state index in [1.54, 1.807) is 4.68 Å². The summed E-state index contributed by atoms with van der Waals surface area (Å²) in [4.78, 5) is 0. The van der Waals surface area contributed by atoms with Gasteiger partial charge in [-0.3, -0.25) is 4.68 Å². The normalized spacial score (nSPS) is 11.2. The standard InChI is InChI=1S/C9H17N3O/c1-7(2)13-6-8-5-12(3)11-9(8)4-10/h5,7H,4,6,10H2,1-3H3. The number of aromatic nitrogens is 2. The SMILES string of the molecule is CC(C)OCc1cn(C)nc1CN. The molecule has 0 unspecified atom stereocenters. The predicted octanol–water partition coefficient (Wildman–Crippen LogP) is 0.804. The zero-order valence-corrected chi connectivity index (χ0v) is 8.45. The molecule has 0 saturated carbocycles. The molecule has 0 bridgehead atoms. The topological polar surface area (TPSA) is 53.1 Å². The summed E-state index contributed by atoms with van der Waals surface area (Å²) in [6, 6.07) is 0. The first-order valence-corrected chi connectivity index (χ1v) is 4.46. The van der Waals surface area contributed by atoms with Crippen molar-refractivity contribution in [2.45, 2.75) is 33.1 Å². The highest BCUT2D eigenvalue weighted by Crippen LogP contribution is 2.08. The summed E-state index contributed by atoms with van der Waals surface area (Å²) in [5.41, 5.74) is 7.54. The maximum absolute atomic E-state index is 5.54. The van der Waals surface area contributed by atoms with Crippen LogP contribution in [0.1, 0.15) is 25.1 Å². The molecule has 4 nitrogen and oxygen atoms in total. The molecule has 1 heterocycles. The lowest BCUT2D eigenvalue weighted by Gasteiger charge is -2.06. The van der Waals surface area contributed by atoms with Crippen LogP contribution in [-0.4, -0.2) is 15.9 Å². The molecule has 0 spiro atoms. The van der Waals surface area contributed by atoms with Crippen LogP contribution >= 0.6 is 0 Å². The van der Waals surface area contributed by atoms with Crippen LogP contribution in [0.2, 0.25) is 0 Å². The molecule has 0 aromatic carbocycles. The van der Waals surface area contributed by atoms with Crippen LogP contribution in [0.3, 0.4) is 0 Å². The second-order valence-corrected chi connectivity index (χ2v) is 3.34. The fraction of sp³-hybridized carbons (Fsp3) is 0.667. The Kier molecular flexibility index (Phi) is 3.45. The van der Waals surface area contributed by atoms with Gasteiger partial charge in [0.1, 0.15) is 0 Å². The van der Waals surface area contributed by atoms with E-state index in [1.807, 2.05) is 27.1 Å². The number of aryl methyl sites for hydroxylation is 1. The third-order valence-electron chi connectivity index (χ3n) is 1.76. The van der Waals surface area contributed by atoms with Crippen LogP contribution in [0.5, 0.6) is 0 Å². The van der Waals surface area contributed by atoms with Crippen LogP contribution in [0, 0.1) is 0 Å². The van der Waals surface area contributed by atoms with E-state index in [0.717, 1.165) is 11.3 Å². The zero-order chi connectivity index (χ0) is 9.84. The maximum Gasteiger partial charge on any atom is 0.0815 e. The lowest BCUT2D eigenvalue weighted by atomic mass is 10.2. The van der Waals surface area contributed by atoms with Crippen molar-refractivity contribution >= 4 is 0 Å². The van der Waals surface area contributed by atoms with Crippen LogP contribution in [0.4, 0.5) is 0 Å². The second-order valence-electron chi connectivity index (χ2n) is 3.34. The van der Waals surface area contributed by atoms with Gasteiger partial charge < -0.3 is 10.5 Å². The number of hydrogen-bond donors (Lipinski definition) is 1. The van der Waals surface area contributed by atoms with Crippen molar-refractivity contribution < 1.29 is 4.74 Å². The van der Waals surface area contributed by atoms with Crippen molar-refractivity contribution in [2.75, 3.05) is 0 Å². The number of hydrogen-bond acceptors (Lipinski definition) is 3. The van der Waals surface area contributed by atoms with E-state index in [-0.39, 0.29) is 6.10 Å². The Balaban J connectivity index is 2.64. The summed E-state index contributed by atoms with van der Waals surface area (Å²) in [6.45, 7) is 5.09. The summed E-state index contributed by atoms with van der Waals surface area (Å²) in [6.07, 6.45) is 2.19. The van der Waals surface area contributed by atoms with E-state index in [0.29, 0.717) is 13.2 Å². The Morgan fingerprint density at radius 2 is 2.31 bits per heavy atom. The summed E-state index contributed by atoms with van der Waals surface area (Å²) >= 11 is 0. The molecule has 4 heteroatoms. The highest BCUT2D eigenvalue weighted by atomic mass is 16.5. The quantitative estimate of drug-likeness (QED) is 0.751. The van der Waals surface area contributed by atoms with Crippen LogP contribution in [0.25, 0.3) is 0 Å². The molecule has 0 saturated heterocycles. The van der Waals surface area contributed by atoms with Crippen molar-refractivity contribution in [3.05, 3.63) is 17.5 Å². The first-order chi connectivity index (χ1) is 6.13. The van der Waals surface area contributed by atoms with E-state index in [9.17, 15) is 0 Å². The van der Waals surface area contributed by atoms with Gasteiger partial charge in [0, 0.05) is 25.4 Å². The number of rotatable bonds is 4. The van der Waals surface area contributed by atoms with Crippen molar-refractivity contribution in [3.63, 3.8) is 0 Å². The van der Waals surface area contributed by atoms with E-state index >= 15 is 0 Å². The average molecular weight is 183 g/mol. The molecule has 0 aliphatic rings. The molecule has 0 amide bonds. The van der Waals surface area contributed by atoms with Gasteiger partial charge in [0.05, 0.1) is 18.4 Å². The molecule has 1 aromatic heterocycles. The molecule has 0 fully saturated rings. The molecule has 0 radical (unpaired) electrons. The molecule has 2 N–H and O–H groups in total. The number of nitrogens with two attached hydrogens (primary N) is 1. The van der Waals surface area contributed by atoms with E-state index in [4.69, 9.17) is 10.5 Å². The molecule has 0 aliphatic heterocycles. The van der Waals surface area contributed by atoms with Crippen LogP contribution in [0.15, 0.2) is 6.20 Å². The summed E-state index contributed by atoms with van der Waals surface area (Å²) in [7, 11) is 1.89. The lowest BCUT2D eigenvalue weighted by Crippen LogP contribution is -2.05. The average Bonchev–Trinajstić information content (AvgIpc) is 2.42. The zero-order valence-electron chi connectivity index (χ0n) is 8.45. The fourth-order valence-electron chi connectivity index (χ4n) is 1.13. The summed E-state index contributed by atoms with van der Waals surface area (Å²) < 4.78 is 7.24. The third kappa shape index (κ3) is 2.82. The molecule has 1 rings (SSSR count). The van der Waals surface area contributed by atoms with Gasteiger partial charge in [-0.25, -0.2) is 0 Å². The van der Waals surface area contributed by atoms with E-state index in [1.165, 1.54) is 0 Å². The first kappa shape index (κ1) is 10.2. The maximum atomic E-state index is 5.54. The Labute approximate surface area is 78.7 Å². The molecule has 1 aromatic rings. The second kappa shape index (κ2) is 4.39. The van der Waals surface area contributed by atoms with Crippen molar-refractivity contribution in [1.29, 1.82) is 0 Å². The minimum atomic E-state index is 0.242. The smallest absolute Gasteiger partial charge is 0.0815 e. The van der Waals surface area contributed by atoms with Crippen LogP contribution < -0.4 is 5.73 Å². The predicted molar refractivity (Wildman–Crippen MR) is 51.0 cm³/mol. The van der Waals surface area contributed by atoms with Gasteiger partial charge in [-0.1, -0.05) is 0 Å². The van der Waals surface area contributed by atoms with Gasteiger partial charge in [-0.2, -0.15) is 5.10 Å².